The summed E-state index contributed by atoms with van der Waals surface area (Å²) in [5.74, 6) is -0.0736. The van der Waals surface area contributed by atoms with Gasteiger partial charge in [-0.25, -0.2) is 8.42 Å². The Kier molecular flexibility index (Phi) is 8.24. The number of sulfonamides is 1. The first-order chi connectivity index (χ1) is 14.8. The van der Waals surface area contributed by atoms with E-state index in [1.807, 2.05) is 38.4 Å². The molecule has 1 heterocycles. The Hall–Kier alpha value is -1.77. The third-order valence-corrected chi connectivity index (χ3v) is 7.80. The van der Waals surface area contributed by atoms with E-state index < -0.39 is 10.0 Å². The monoisotopic (exact) mass is 463 g/mol. The molecule has 0 spiro atoms. The second-order valence-corrected chi connectivity index (χ2v) is 10.4. The highest BCUT2D eigenvalue weighted by atomic mass is 35.5. The van der Waals surface area contributed by atoms with E-state index in [4.69, 9.17) is 11.6 Å². The number of benzene rings is 2. The SMILES string of the molecule is CN(C)C(CNCC(=O)c1ccc(S(=O)(=O)N2CCCCC2)cc1)c1ccc(Cl)cc1. The number of rotatable bonds is 9. The molecule has 8 heteroatoms. The predicted octanol–water partition coefficient (Wildman–Crippen LogP) is 3.59. The van der Waals surface area contributed by atoms with Crippen molar-refractivity contribution in [3.05, 3.63) is 64.7 Å². The summed E-state index contributed by atoms with van der Waals surface area (Å²) < 4.78 is 27.0. The van der Waals surface area contributed by atoms with Gasteiger partial charge in [-0.3, -0.25) is 4.79 Å². The van der Waals surface area contributed by atoms with Gasteiger partial charge in [0, 0.05) is 36.3 Å². The van der Waals surface area contributed by atoms with Gasteiger partial charge in [-0.05, 0) is 56.8 Å². The van der Waals surface area contributed by atoms with Crippen molar-refractivity contribution in [3.63, 3.8) is 0 Å². The Morgan fingerprint density at radius 3 is 2.23 bits per heavy atom. The van der Waals surface area contributed by atoms with Crippen LogP contribution in [0.25, 0.3) is 0 Å². The number of hydrogen-bond donors (Lipinski definition) is 1. The van der Waals surface area contributed by atoms with Crippen molar-refractivity contribution >= 4 is 27.4 Å². The maximum atomic E-state index is 12.8. The van der Waals surface area contributed by atoms with Gasteiger partial charge in [0.15, 0.2) is 5.78 Å². The number of carbonyl (C=O) groups excluding carboxylic acids is 1. The van der Waals surface area contributed by atoms with E-state index in [9.17, 15) is 13.2 Å². The highest BCUT2D eigenvalue weighted by molar-refractivity contribution is 7.89. The van der Waals surface area contributed by atoms with Crippen molar-refractivity contribution < 1.29 is 13.2 Å². The molecule has 1 N–H and O–H groups in total. The lowest BCUT2D eigenvalue weighted by atomic mass is 10.1. The Morgan fingerprint density at radius 2 is 1.65 bits per heavy atom. The number of nitrogens with one attached hydrogen (secondary N) is 1. The first-order valence-corrected chi connectivity index (χ1v) is 12.4. The van der Waals surface area contributed by atoms with Crippen LogP contribution in [-0.2, 0) is 10.0 Å². The molecule has 1 saturated heterocycles. The van der Waals surface area contributed by atoms with E-state index in [-0.39, 0.29) is 23.3 Å². The summed E-state index contributed by atoms with van der Waals surface area (Å²) in [4.78, 5) is 14.9. The van der Waals surface area contributed by atoms with Crippen LogP contribution in [0, 0.1) is 0 Å². The van der Waals surface area contributed by atoms with Crippen molar-refractivity contribution in [2.75, 3.05) is 40.3 Å². The average molecular weight is 464 g/mol. The molecule has 1 unspecified atom stereocenters. The first-order valence-electron chi connectivity index (χ1n) is 10.5. The van der Waals surface area contributed by atoms with Crippen LogP contribution in [-0.4, -0.2) is 63.7 Å². The predicted molar refractivity (Wildman–Crippen MR) is 124 cm³/mol. The van der Waals surface area contributed by atoms with E-state index >= 15 is 0 Å². The van der Waals surface area contributed by atoms with E-state index in [2.05, 4.69) is 10.2 Å². The van der Waals surface area contributed by atoms with Crippen LogP contribution < -0.4 is 5.32 Å². The molecule has 1 fully saturated rings. The molecule has 0 bridgehead atoms. The quantitative estimate of drug-likeness (QED) is 0.575. The van der Waals surface area contributed by atoms with Gasteiger partial charge in [0.2, 0.25) is 10.0 Å². The second-order valence-electron chi connectivity index (χ2n) is 8.07. The summed E-state index contributed by atoms with van der Waals surface area (Å²) in [6, 6.07) is 14.1. The second kappa shape index (κ2) is 10.7. The molecule has 2 aromatic carbocycles. The number of piperidine rings is 1. The topological polar surface area (TPSA) is 69.7 Å². The molecule has 0 aromatic heterocycles. The van der Waals surface area contributed by atoms with E-state index in [0.29, 0.717) is 30.2 Å². The molecule has 168 valence electrons. The van der Waals surface area contributed by atoms with Crippen LogP contribution in [0.2, 0.25) is 5.02 Å². The standard InChI is InChI=1S/C23H30ClN3O3S/c1-26(2)22(18-6-10-20(24)11-7-18)16-25-17-23(28)19-8-12-21(13-9-19)31(29,30)27-14-4-3-5-15-27/h6-13,22,25H,3-5,14-17H2,1-2H3. The molecule has 1 aliphatic heterocycles. The number of halogens is 1. The molecule has 2 aromatic rings. The van der Waals surface area contributed by atoms with Gasteiger partial charge in [0.25, 0.3) is 0 Å². The number of ketones is 1. The van der Waals surface area contributed by atoms with Crippen LogP contribution in [0.1, 0.15) is 41.2 Å². The number of nitrogens with zero attached hydrogens (tertiary/aromatic N) is 2. The van der Waals surface area contributed by atoms with E-state index in [1.54, 1.807) is 12.1 Å². The Bertz CT molecular complexity index is 970. The summed E-state index contributed by atoms with van der Waals surface area (Å²) in [6.07, 6.45) is 2.86. The lowest BCUT2D eigenvalue weighted by molar-refractivity contribution is 0.0988. The van der Waals surface area contributed by atoms with Crippen LogP contribution in [0.15, 0.2) is 53.4 Å². The summed E-state index contributed by atoms with van der Waals surface area (Å²) >= 11 is 5.98. The number of hydrogen-bond acceptors (Lipinski definition) is 5. The highest BCUT2D eigenvalue weighted by Crippen LogP contribution is 2.22. The van der Waals surface area contributed by atoms with Gasteiger partial charge in [-0.1, -0.05) is 42.3 Å². The van der Waals surface area contributed by atoms with Gasteiger partial charge in [0.05, 0.1) is 11.4 Å². The van der Waals surface area contributed by atoms with Gasteiger partial charge >= 0.3 is 0 Å². The molecule has 3 rings (SSSR count). The largest absolute Gasteiger partial charge is 0.308 e. The van der Waals surface area contributed by atoms with Crippen LogP contribution in [0.5, 0.6) is 0 Å². The Morgan fingerprint density at radius 1 is 1.03 bits per heavy atom. The van der Waals surface area contributed by atoms with Gasteiger partial charge in [-0.15, -0.1) is 0 Å². The minimum absolute atomic E-state index is 0.0736. The molecule has 0 aliphatic carbocycles. The summed E-state index contributed by atoms with van der Waals surface area (Å²) in [5.41, 5.74) is 1.61. The highest BCUT2D eigenvalue weighted by Gasteiger charge is 2.26. The third kappa shape index (κ3) is 6.14. The van der Waals surface area contributed by atoms with Crippen molar-refractivity contribution in [1.82, 2.24) is 14.5 Å². The molecule has 31 heavy (non-hydrogen) atoms. The van der Waals surface area contributed by atoms with E-state index in [0.717, 1.165) is 24.8 Å². The van der Waals surface area contributed by atoms with Crippen LogP contribution in [0.4, 0.5) is 0 Å². The summed E-state index contributed by atoms with van der Waals surface area (Å²) in [5, 5.41) is 3.91. The normalized spacial score (nSPS) is 16.4. The van der Waals surface area contributed by atoms with Crippen molar-refractivity contribution in [2.45, 2.75) is 30.2 Å². The third-order valence-electron chi connectivity index (χ3n) is 5.63. The molecule has 6 nitrogen and oxygen atoms in total. The smallest absolute Gasteiger partial charge is 0.243 e. The van der Waals surface area contributed by atoms with Crippen molar-refractivity contribution in [1.29, 1.82) is 0 Å². The lowest BCUT2D eigenvalue weighted by Gasteiger charge is -2.26. The molecule has 0 saturated carbocycles. The molecule has 0 radical (unpaired) electrons. The molecular formula is C23H30ClN3O3S. The van der Waals surface area contributed by atoms with Gasteiger partial charge < -0.3 is 10.2 Å². The molecular weight excluding hydrogens is 434 g/mol. The Balaban J connectivity index is 1.58. The van der Waals surface area contributed by atoms with Crippen molar-refractivity contribution in [2.24, 2.45) is 0 Å². The van der Waals surface area contributed by atoms with Crippen LogP contribution >= 0.6 is 11.6 Å². The summed E-state index contributed by atoms with van der Waals surface area (Å²) in [7, 11) is 0.496. The molecule has 1 atom stereocenters. The molecule has 1 aliphatic rings. The zero-order valence-corrected chi connectivity index (χ0v) is 19.6. The number of likely N-dealkylation sites (N-methyl/N-ethyl adjacent to an activating group) is 1. The zero-order valence-electron chi connectivity index (χ0n) is 18.1. The van der Waals surface area contributed by atoms with Gasteiger partial charge in [-0.2, -0.15) is 4.31 Å². The minimum Gasteiger partial charge on any atom is -0.308 e. The van der Waals surface area contributed by atoms with Crippen LogP contribution in [0.3, 0.4) is 0 Å². The van der Waals surface area contributed by atoms with Gasteiger partial charge in [0.1, 0.15) is 0 Å². The zero-order chi connectivity index (χ0) is 22.4. The number of Topliss-reactive ketones (excluding diaryl/α,β-unsaturated/α-hetero) is 1. The fraction of sp³-hybridized carbons (Fsp3) is 0.435. The Labute approximate surface area is 190 Å². The average Bonchev–Trinajstić information content (AvgIpc) is 2.78. The maximum Gasteiger partial charge on any atom is 0.243 e. The lowest BCUT2D eigenvalue weighted by Crippen LogP contribution is -2.35. The van der Waals surface area contributed by atoms with Crippen molar-refractivity contribution in [3.8, 4) is 0 Å². The first kappa shape index (κ1) is 23.9. The fourth-order valence-corrected chi connectivity index (χ4v) is 5.42. The fourth-order valence-electron chi connectivity index (χ4n) is 3.78. The van der Waals surface area contributed by atoms with E-state index in [1.165, 1.54) is 16.4 Å². The maximum absolute atomic E-state index is 12.8. The number of carbonyl (C=O) groups is 1. The minimum atomic E-state index is -3.48. The summed E-state index contributed by atoms with van der Waals surface area (Å²) in [6.45, 7) is 1.90. The molecule has 0 amide bonds.